The molecular formula is C12H14N4O4. The highest BCUT2D eigenvalue weighted by atomic mass is 16.5. The van der Waals surface area contributed by atoms with Crippen LogP contribution in [0.4, 0.5) is 0 Å². The Morgan fingerprint density at radius 1 is 1.45 bits per heavy atom. The Morgan fingerprint density at radius 2 is 2.20 bits per heavy atom. The molecule has 0 aliphatic carbocycles. The van der Waals surface area contributed by atoms with Gasteiger partial charge < -0.3 is 14.3 Å². The summed E-state index contributed by atoms with van der Waals surface area (Å²) in [4.78, 5) is 27.1. The van der Waals surface area contributed by atoms with Gasteiger partial charge in [-0.1, -0.05) is 0 Å². The number of carbonyl (C=O) groups is 2. The molecule has 2 heterocycles. The Labute approximate surface area is 114 Å². The van der Waals surface area contributed by atoms with Crippen LogP contribution in [0.5, 0.6) is 0 Å². The standard InChI is InChI=1S/C12H14N4O4/c1-7-10(12(18)15-19)20-9(14-7)6-13-11(17)8-4-3-5-16(8)2/h3-5,19H,6H2,1-2H3,(H,13,17)(H,15,18). The van der Waals surface area contributed by atoms with E-state index < -0.39 is 5.91 Å². The Kier molecular flexibility index (Phi) is 3.85. The Morgan fingerprint density at radius 3 is 2.80 bits per heavy atom. The second-order valence-corrected chi connectivity index (χ2v) is 4.15. The van der Waals surface area contributed by atoms with Crippen LogP contribution in [0, 0.1) is 6.92 Å². The van der Waals surface area contributed by atoms with Crippen LogP contribution < -0.4 is 10.8 Å². The molecule has 0 aromatic carbocycles. The van der Waals surface area contributed by atoms with E-state index in [4.69, 9.17) is 9.62 Å². The SMILES string of the molecule is Cc1nc(CNC(=O)c2cccn2C)oc1C(=O)NO. The van der Waals surface area contributed by atoms with Crippen molar-refractivity contribution in [1.29, 1.82) is 0 Å². The number of hydrogen-bond donors (Lipinski definition) is 3. The zero-order valence-electron chi connectivity index (χ0n) is 11.0. The van der Waals surface area contributed by atoms with E-state index in [0.29, 0.717) is 11.4 Å². The fourth-order valence-corrected chi connectivity index (χ4v) is 1.73. The molecule has 0 saturated heterocycles. The molecule has 0 unspecified atom stereocenters. The van der Waals surface area contributed by atoms with Gasteiger partial charge in [-0.25, -0.2) is 10.5 Å². The van der Waals surface area contributed by atoms with Crippen molar-refractivity contribution < 1.29 is 19.2 Å². The molecule has 2 aromatic heterocycles. The lowest BCUT2D eigenvalue weighted by atomic mass is 10.3. The second kappa shape index (κ2) is 5.57. The van der Waals surface area contributed by atoms with E-state index in [-0.39, 0.29) is 24.1 Å². The highest BCUT2D eigenvalue weighted by molar-refractivity contribution is 5.92. The number of nitrogens with zero attached hydrogens (tertiary/aromatic N) is 2. The molecule has 8 heteroatoms. The maximum atomic E-state index is 11.9. The maximum absolute atomic E-state index is 11.9. The first kappa shape index (κ1) is 13.8. The summed E-state index contributed by atoms with van der Waals surface area (Å²) in [5, 5.41) is 11.2. The number of carbonyl (C=O) groups excluding carboxylic acids is 2. The molecule has 0 spiro atoms. The lowest BCUT2D eigenvalue weighted by molar-refractivity contribution is 0.0673. The minimum absolute atomic E-state index is 0.0452. The molecule has 8 nitrogen and oxygen atoms in total. The Hall–Kier alpha value is -2.61. The first-order valence-corrected chi connectivity index (χ1v) is 5.83. The molecule has 0 atom stereocenters. The zero-order valence-corrected chi connectivity index (χ0v) is 11.0. The molecular weight excluding hydrogens is 264 g/mol. The van der Waals surface area contributed by atoms with Crippen molar-refractivity contribution in [2.75, 3.05) is 0 Å². The number of hydroxylamine groups is 1. The molecule has 0 aliphatic heterocycles. The molecule has 0 saturated carbocycles. The predicted molar refractivity (Wildman–Crippen MR) is 67.1 cm³/mol. The fraction of sp³-hybridized carbons (Fsp3) is 0.250. The van der Waals surface area contributed by atoms with Gasteiger partial charge in [0.2, 0.25) is 11.7 Å². The minimum atomic E-state index is -0.782. The highest BCUT2D eigenvalue weighted by Crippen LogP contribution is 2.10. The molecule has 20 heavy (non-hydrogen) atoms. The van der Waals surface area contributed by atoms with Crippen LogP contribution in [-0.2, 0) is 13.6 Å². The van der Waals surface area contributed by atoms with Crippen molar-refractivity contribution in [3.8, 4) is 0 Å². The summed E-state index contributed by atoms with van der Waals surface area (Å²) in [6, 6.07) is 3.44. The van der Waals surface area contributed by atoms with Gasteiger partial charge in [-0.05, 0) is 19.1 Å². The van der Waals surface area contributed by atoms with Gasteiger partial charge in [-0.15, -0.1) is 0 Å². The summed E-state index contributed by atoms with van der Waals surface area (Å²) in [5.41, 5.74) is 2.30. The third kappa shape index (κ3) is 2.69. The van der Waals surface area contributed by atoms with E-state index in [1.54, 1.807) is 36.9 Å². The van der Waals surface area contributed by atoms with Gasteiger partial charge in [-0.2, -0.15) is 0 Å². The molecule has 0 radical (unpaired) electrons. The van der Waals surface area contributed by atoms with Crippen molar-refractivity contribution in [1.82, 2.24) is 20.3 Å². The number of rotatable bonds is 4. The number of aromatic nitrogens is 2. The topological polar surface area (TPSA) is 109 Å². The van der Waals surface area contributed by atoms with Crippen LogP contribution in [0.2, 0.25) is 0 Å². The highest BCUT2D eigenvalue weighted by Gasteiger charge is 2.17. The first-order valence-electron chi connectivity index (χ1n) is 5.83. The summed E-state index contributed by atoms with van der Waals surface area (Å²) in [6.45, 7) is 1.61. The predicted octanol–water partition coefficient (Wildman–Crippen LogP) is 0.371. The van der Waals surface area contributed by atoms with Crippen molar-refractivity contribution in [3.05, 3.63) is 41.4 Å². The third-order valence-electron chi connectivity index (χ3n) is 2.73. The van der Waals surface area contributed by atoms with Gasteiger partial charge in [0.1, 0.15) is 5.69 Å². The van der Waals surface area contributed by atoms with Crippen LogP contribution in [-0.4, -0.2) is 26.6 Å². The van der Waals surface area contributed by atoms with E-state index >= 15 is 0 Å². The zero-order chi connectivity index (χ0) is 14.7. The second-order valence-electron chi connectivity index (χ2n) is 4.15. The summed E-state index contributed by atoms with van der Waals surface area (Å²) in [6.07, 6.45) is 1.76. The van der Waals surface area contributed by atoms with E-state index in [1.165, 1.54) is 5.48 Å². The lowest BCUT2D eigenvalue weighted by Crippen LogP contribution is -2.24. The van der Waals surface area contributed by atoms with Crippen LogP contribution in [0.15, 0.2) is 22.7 Å². The van der Waals surface area contributed by atoms with E-state index in [1.807, 2.05) is 0 Å². The van der Waals surface area contributed by atoms with E-state index in [9.17, 15) is 9.59 Å². The fourth-order valence-electron chi connectivity index (χ4n) is 1.73. The number of aryl methyl sites for hydroxylation is 2. The van der Waals surface area contributed by atoms with Crippen molar-refractivity contribution >= 4 is 11.8 Å². The largest absolute Gasteiger partial charge is 0.433 e. The van der Waals surface area contributed by atoms with Crippen LogP contribution in [0.3, 0.4) is 0 Å². The van der Waals surface area contributed by atoms with Crippen LogP contribution >= 0.6 is 0 Å². The molecule has 0 fully saturated rings. The number of nitrogens with one attached hydrogen (secondary N) is 2. The first-order chi connectivity index (χ1) is 9.52. The average Bonchev–Trinajstić information content (AvgIpc) is 3.01. The van der Waals surface area contributed by atoms with Crippen molar-refractivity contribution in [2.45, 2.75) is 13.5 Å². The van der Waals surface area contributed by atoms with Gasteiger partial charge in [0, 0.05) is 13.2 Å². The molecule has 106 valence electrons. The van der Waals surface area contributed by atoms with Crippen LogP contribution in [0.25, 0.3) is 0 Å². The third-order valence-corrected chi connectivity index (χ3v) is 2.73. The molecule has 2 amide bonds. The van der Waals surface area contributed by atoms with E-state index in [0.717, 1.165) is 0 Å². The maximum Gasteiger partial charge on any atom is 0.312 e. The molecule has 2 rings (SSSR count). The molecule has 0 aliphatic rings. The van der Waals surface area contributed by atoms with Crippen molar-refractivity contribution in [3.63, 3.8) is 0 Å². The van der Waals surface area contributed by atoms with Gasteiger partial charge in [0.15, 0.2) is 0 Å². The van der Waals surface area contributed by atoms with Gasteiger partial charge in [0.25, 0.3) is 5.91 Å². The molecule has 3 N–H and O–H groups in total. The van der Waals surface area contributed by atoms with Gasteiger partial charge in [0.05, 0.1) is 12.2 Å². The normalized spacial score (nSPS) is 10.3. The summed E-state index contributed by atoms with van der Waals surface area (Å²) >= 11 is 0. The average molecular weight is 278 g/mol. The summed E-state index contributed by atoms with van der Waals surface area (Å²) < 4.78 is 6.84. The number of amides is 2. The smallest absolute Gasteiger partial charge is 0.312 e. The summed E-state index contributed by atoms with van der Waals surface area (Å²) in [7, 11) is 1.76. The Bertz CT molecular complexity index is 644. The van der Waals surface area contributed by atoms with Gasteiger partial charge in [-0.3, -0.25) is 14.8 Å². The van der Waals surface area contributed by atoms with Crippen LogP contribution in [0.1, 0.15) is 32.6 Å². The molecule has 0 bridgehead atoms. The number of oxazole rings is 1. The summed E-state index contributed by atoms with van der Waals surface area (Å²) in [5.74, 6) is -0.962. The quantitative estimate of drug-likeness (QED) is 0.553. The van der Waals surface area contributed by atoms with Crippen molar-refractivity contribution in [2.24, 2.45) is 7.05 Å². The monoisotopic (exact) mass is 278 g/mol. The Balaban J connectivity index is 2.03. The van der Waals surface area contributed by atoms with Gasteiger partial charge >= 0.3 is 5.91 Å². The lowest BCUT2D eigenvalue weighted by Gasteiger charge is -2.03. The molecule has 2 aromatic rings. The number of hydrogen-bond acceptors (Lipinski definition) is 5. The minimum Gasteiger partial charge on any atom is -0.433 e. The van der Waals surface area contributed by atoms with E-state index in [2.05, 4.69) is 10.3 Å².